The molecule has 5 nitrogen and oxygen atoms in total. The Labute approximate surface area is 114 Å². The van der Waals surface area contributed by atoms with Crippen LogP contribution in [0.25, 0.3) is 11.1 Å². The van der Waals surface area contributed by atoms with Crippen LogP contribution in [0.2, 0.25) is 0 Å². The minimum absolute atomic E-state index is 0.00102. The Kier molecular flexibility index (Phi) is 3.15. The summed E-state index contributed by atoms with van der Waals surface area (Å²) < 4.78 is 28.2. The number of alkyl halides is 2. The molecule has 1 aliphatic rings. The first-order chi connectivity index (χ1) is 9.60. The molecule has 0 spiro atoms. The van der Waals surface area contributed by atoms with E-state index in [4.69, 9.17) is 5.84 Å². The van der Waals surface area contributed by atoms with Crippen molar-refractivity contribution >= 4 is 5.69 Å². The fourth-order valence-electron chi connectivity index (χ4n) is 2.58. The summed E-state index contributed by atoms with van der Waals surface area (Å²) in [5, 5.41) is 5.72. The maximum Gasteiger partial charge on any atom is 0.264 e. The quantitative estimate of drug-likeness (QED) is 0.664. The summed E-state index contributed by atoms with van der Waals surface area (Å²) >= 11 is 0. The smallest absolute Gasteiger partial charge is 0.264 e. The van der Waals surface area contributed by atoms with Gasteiger partial charge in [0.05, 0.1) is 11.9 Å². The Balaban J connectivity index is 2.15. The van der Waals surface area contributed by atoms with Gasteiger partial charge in [0.2, 0.25) is 0 Å². The Bertz CT molecular complexity index is 638. The zero-order valence-corrected chi connectivity index (χ0v) is 11.0. The SMILES string of the molecule is Cn1cc(-c2cc3c(cc2C(F)F)N(NN)CC3)cn1. The second-order valence-electron chi connectivity index (χ2n) is 4.80. The second-order valence-corrected chi connectivity index (χ2v) is 4.80. The second kappa shape index (κ2) is 4.84. The minimum atomic E-state index is -2.55. The highest BCUT2D eigenvalue weighted by Gasteiger charge is 2.24. The Morgan fingerprint density at radius 3 is 2.80 bits per heavy atom. The maximum absolute atomic E-state index is 13.3. The summed E-state index contributed by atoms with van der Waals surface area (Å²) in [6.07, 6.45) is 1.56. The minimum Gasteiger partial charge on any atom is -0.295 e. The third-order valence-electron chi connectivity index (χ3n) is 3.55. The highest BCUT2D eigenvalue weighted by molar-refractivity contribution is 5.73. The summed E-state index contributed by atoms with van der Waals surface area (Å²) in [4.78, 5) is 0. The topological polar surface area (TPSA) is 59.1 Å². The van der Waals surface area contributed by atoms with E-state index in [1.165, 1.54) is 6.07 Å². The number of benzene rings is 1. The number of anilines is 1. The molecule has 1 aliphatic heterocycles. The molecule has 106 valence electrons. The Morgan fingerprint density at radius 1 is 1.40 bits per heavy atom. The van der Waals surface area contributed by atoms with Crippen LogP contribution in [0.15, 0.2) is 24.5 Å². The third kappa shape index (κ3) is 2.04. The summed E-state index contributed by atoms with van der Waals surface area (Å²) in [6, 6.07) is 3.32. The van der Waals surface area contributed by atoms with Crippen LogP contribution in [-0.2, 0) is 13.5 Å². The number of nitrogens with zero attached hydrogens (tertiary/aromatic N) is 3. The van der Waals surface area contributed by atoms with Crippen LogP contribution in [-0.4, -0.2) is 16.3 Å². The highest BCUT2D eigenvalue weighted by Crippen LogP contribution is 2.38. The summed E-state index contributed by atoms with van der Waals surface area (Å²) in [5.74, 6) is 5.40. The molecule has 2 aromatic rings. The van der Waals surface area contributed by atoms with Crippen LogP contribution in [0.4, 0.5) is 14.5 Å². The summed E-state index contributed by atoms with van der Waals surface area (Å²) in [5.41, 5.74) is 5.48. The van der Waals surface area contributed by atoms with Gasteiger partial charge in [-0.25, -0.2) is 8.78 Å². The number of fused-ring (bicyclic) bond motifs is 1. The van der Waals surface area contributed by atoms with Crippen molar-refractivity contribution in [2.75, 3.05) is 11.6 Å². The van der Waals surface area contributed by atoms with E-state index in [2.05, 4.69) is 10.6 Å². The summed E-state index contributed by atoms with van der Waals surface area (Å²) in [7, 11) is 1.76. The highest BCUT2D eigenvalue weighted by atomic mass is 19.3. The van der Waals surface area contributed by atoms with E-state index in [0.717, 1.165) is 17.7 Å². The lowest BCUT2D eigenvalue weighted by Crippen LogP contribution is -2.41. The lowest BCUT2D eigenvalue weighted by atomic mass is 9.98. The van der Waals surface area contributed by atoms with Gasteiger partial charge in [0.1, 0.15) is 0 Å². The monoisotopic (exact) mass is 279 g/mol. The van der Waals surface area contributed by atoms with Crippen LogP contribution in [0.1, 0.15) is 17.6 Å². The van der Waals surface area contributed by atoms with Crippen molar-refractivity contribution < 1.29 is 8.78 Å². The molecule has 20 heavy (non-hydrogen) atoms. The largest absolute Gasteiger partial charge is 0.295 e. The fourth-order valence-corrected chi connectivity index (χ4v) is 2.58. The van der Waals surface area contributed by atoms with Crippen LogP contribution < -0.4 is 16.4 Å². The molecular formula is C13H15F2N5. The van der Waals surface area contributed by atoms with E-state index in [-0.39, 0.29) is 5.56 Å². The third-order valence-corrected chi connectivity index (χ3v) is 3.55. The number of hydrazine groups is 2. The molecule has 7 heteroatoms. The van der Waals surface area contributed by atoms with E-state index < -0.39 is 6.43 Å². The van der Waals surface area contributed by atoms with Gasteiger partial charge in [0.25, 0.3) is 6.43 Å². The zero-order valence-electron chi connectivity index (χ0n) is 11.0. The van der Waals surface area contributed by atoms with Gasteiger partial charge >= 0.3 is 0 Å². The van der Waals surface area contributed by atoms with Gasteiger partial charge < -0.3 is 0 Å². The number of aromatic nitrogens is 2. The van der Waals surface area contributed by atoms with E-state index in [1.54, 1.807) is 29.1 Å². The van der Waals surface area contributed by atoms with E-state index in [1.807, 2.05) is 6.07 Å². The lowest BCUT2D eigenvalue weighted by molar-refractivity contribution is 0.152. The van der Waals surface area contributed by atoms with E-state index >= 15 is 0 Å². The zero-order chi connectivity index (χ0) is 14.3. The number of halogens is 2. The molecular weight excluding hydrogens is 264 g/mol. The molecule has 0 saturated carbocycles. The standard InChI is InChI=1S/C13H15F2N5/c1-19-7-9(6-17-19)10-4-8-2-3-20(18-16)12(8)5-11(10)13(14)15/h4-7,13,18H,2-3,16H2,1H3. The van der Waals surface area contributed by atoms with Crippen molar-refractivity contribution in [2.45, 2.75) is 12.8 Å². The average Bonchev–Trinajstić information content (AvgIpc) is 3.02. The van der Waals surface area contributed by atoms with Crippen molar-refractivity contribution in [1.82, 2.24) is 15.3 Å². The fraction of sp³-hybridized carbons (Fsp3) is 0.308. The molecule has 0 atom stereocenters. The number of nitrogens with two attached hydrogens (primary N) is 1. The van der Waals surface area contributed by atoms with Gasteiger partial charge in [0.15, 0.2) is 0 Å². The molecule has 3 rings (SSSR count). The molecule has 0 saturated heterocycles. The van der Waals surface area contributed by atoms with Crippen molar-refractivity contribution in [3.05, 3.63) is 35.7 Å². The Morgan fingerprint density at radius 2 is 2.20 bits per heavy atom. The van der Waals surface area contributed by atoms with Gasteiger partial charge in [-0.15, -0.1) is 0 Å². The predicted octanol–water partition coefficient (Wildman–Crippen LogP) is 1.77. The number of hydrogen-bond donors (Lipinski definition) is 2. The molecule has 0 bridgehead atoms. The van der Waals surface area contributed by atoms with Crippen LogP contribution in [0.3, 0.4) is 0 Å². The first-order valence-electron chi connectivity index (χ1n) is 6.28. The van der Waals surface area contributed by atoms with E-state index in [0.29, 0.717) is 17.7 Å². The van der Waals surface area contributed by atoms with Crippen LogP contribution in [0.5, 0.6) is 0 Å². The molecule has 0 amide bonds. The van der Waals surface area contributed by atoms with Crippen molar-refractivity contribution in [3.63, 3.8) is 0 Å². The lowest BCUT2D eigenvalue weighted by Gasteiger charge is -2.18. The molecule has 3 N–H and O–H groups in total. The van der Waals surface area contributed by atoms with Gasteiger partial charge in [0, 0.05) is 30.9 Å². The Hall–Kier alpha value is -1.99. The van der Waals surface area contributed by atoms with Crippen LogP contribution in [0, 0.1) is 0 Å². The molecule has 0 radical (unpaired) electrons. The normalized spacial score (nSPS) is 14.2. The van der Waals surface area contributed by atoms with Gasteiger partial charge in [-0.2, -0.15) is 10.6 Å². The maximum atomic E-state index is 13.3. The first kappa shape index (κ1) is 13.0. The number of nitrogens with one attached hydrogen (secondary N) is 1. The summed E-state index contributed by atoms with van der Waals surface area (Å²) in [6.45, 7) is 0.672. The average molecular weight is 279 g/mol. The predicted molar refractivity (Wildman–Crippen MR) is 72.0 cm³/mol. The number of hydrogen-bond acceptors (Lipinski definition) is 4. The molecule has 0 unspecified atom stereocenters. The number of aryl methyl sites for hydroxylation is 1. The van der Waals surface area contributed by atoms with Crippen molar-refractivity contribution in [1.29, 1.82) is 0 Å². The van der Waals surface area contributed by atoms with Gasteiger partial charge in [-0.3, -0.25) is 15.5 Å². The molecule has 1 aromatic heterocycles. The number of rotatable bonds is 3. The van der Waals surface area contributed by atoms with Crippen molar-refractivity contribution in [2.24, 2.45) is 12.9 Å². The van der Waals surface area contributed by atoms with Crippen LogP contribution >= 0.6 is 0 Å². The van der Waals surface area contributed by atoms with Gasteiger partial charge in [-0.05, 0) is 29.7 Å². The molecule has 0 fully saturated rings. The van der Waals surface area contributed by atoms with Crippen molar-refractivity contribution in [3.8, 4) is 11.1 Å². The first-order valence-corrected chi connectivity index (χ1v) is 6.28. The molecule has 2 heterocycles. The van der Waals surface area contributed by atoms with Gasteiger partial charge in [-0.1, -0.05) is 0 Å². The van der Waals surface area contributed by atoms with E-state index in [9.17, 15) is 8.78 Å². The molecule has 1 aromatic carbocycles. The molecule has 0 aliphatic carbocycles.